The third-order valence-corrected chi connectivity index (χ3v) is 5.10. The number of anilines is 1. The van der Waals surface area contributed by atoms with Crippen LogP contribution in [0.5, 0.6) is 0 Å². The van der Waals surface area contributed by atoms with Gasteiger partial charge in [-0.2, -0.15) is 5.10 Å². The number of pyridine rings is 2. The smallest absolute Gasteiger partial charge is 0.256 e. The molecule has 134 valence electrons. The minimum absolute atomic E-state index is 0.141. The van der Waals surface area contributed by atoms with Crippen LogP contribution < -0.4 is 5.32 Å². The summed E-state index contributed by atoms with van der Waals surface area (Å²) in [6.45, 7) is 1.94. The Morgan fingerprint density at radius 1 is 1.19 bits per heavy atom. The largest absolute Gasteiger partial charge is 0.321 e. The number of benzene rings is 1. The van der Waals surface area contributed by atoms with E-state index in [1.54, 1.807) is 10.9 Å². The summed E-state index contributed by atoms with van der Waals surface area (Å²) in [5.41, 5.74) is 4.89. The van der Waals surface area contributed by atoms with Crippen LogP contribution in [-0.4, -0.2) is 25.7 Å². The lowest BCUT2D eigenvalue weighted by Crippen LogP contribution is -2.13. The van der Waals surface area contributed by atoms with Crippen LogP contribution in [0, 0.1) is 6.92 Å². The number of hydrogen-bond acceptors (Lipinski definition) is 4. The molecule has 0 atom stereocenters. The fourth-order valence-electron chi connectivity index (χ4n) is 3.55. The Kier molecular flexibility index (Phi) is 3.47. The Labute approximate surface area is 156 Å². The molecule has 27 heavy (non-hydrogen) atoms. The van der Waals surface area contributed by atoms with Gasteiger partial charge in [-0.15, -0.1) is 0 Å². The molecule has 0 radical (unpaired) electrons. The predicted octanol–water partition coefficient (Wildman–Crippen LogP) is 3.95. The van der Waals surface area contributed by atoms with E-state index in [0.717, 1.165) is 46.2 Å². The number of fused-ring (bicyclic) bond motifs is 2. The maximum Gasteiger partial charge on any atom is 0.256 e. The van der Waals surface area contributed by atoms with Gasteiger partial charge in [0.25, 0.3) is 5.91 Å². The lowest BCUT2D eigenvalue weighted by Gasteiger charge is -2.10. The Morgan fingerprint density at radius 3 is 2.81 bits per heavy atom. The molecule has 1 aliphatic rings. The molecule has 0 spiro atoms. The molecule has 5 rings (SSSR count). The second-order valence-corrected chi connectivity index (χ2v) is 7.14. The zero-order valence-corrected chi connectivity index (χ0v) is 15.2. The van der Waals surface area contributed by atoms with E-state index in [1.165, 1.54) is 0 Å². The number of nitrogens with zero attached hydrogens (tertiary/aromatic N) is 4. The minimum Gasteiger partial charge on any atom is -0.321 e. The van der Waals surface area contributed by atoms with Crippen molar-refractivity contribution < 1.29 is 4.79 Å². The van der Waals surface area contributed by atoms with Crippen molar-refractivity contribution in [2.75, 3.05) is 5.32 Å². The van der Waals surface area contributed by atoms with Crippen LogP contribution in [-0.2, 0) is 7.05 Å². The number of aromatic nitrogens is 4. The van der Waals surface area contributed by atoms with Crippen LogP contribution in [0.1, 0.15) is 40.5 Å². The standard InChI is InChI=1S/C21H19N5O/c1-12-16-9-14(11-22-20(16)26(2)25-12)23-21(27)17-10-19(13-7-8-13)24-18-6-4-3-5-15(17)18/h3-6,9-11,13H,7-8H2,1-2H3,(H,23,27). The first-order valence-electron chi connectivity index (χ1n) is 9.10. The first-order valence-corrected chi connectivity index (χ1v) is 9.10. The van der Waals surface area contributed by atoms with E-state index >= 15 is 0 Å². The SMILES string of the molecule is Cc1nn(C)c2ncc(NC(=O)c3cc(C4CC4)nc4ccccc34)cc12. The van der Waals surface area contributed by atoms with Gasteiger partial charge in [-0.1, -0.05) is 18.2 Å². The quantitative estimate of drug-likeness (QED) is 0.602. The maximum absolute atomic E-state index is 13.1. The molecule has 0 unspecified atom stereocenters. The minimum atomic E-state index is -0.141. The van der Waals surface area contributed by atoms with Crippen molar-refractivity contribution in [3.05, 3.63) is 59.5 Å². The summed E-state index contributed by atoms with van der Waals surface area (Å²) in [6, 6.07) is 11.7. The molecule has 0 saturated heterocycles. The molecule has 4 aromatic rings. The van der Waals surface area contributed by atoms with Crippen LogP contribution in [0.25, 0.3) is 21.9 Å². The molecule has 1 fully saturated rings. The zero-order valence-electron chi connectivity index (χ0n) is 15.2. The average molecular weight is 357 g/mol. The number of carbonyl (C=O) groups is 1. The predicted molar refractivity (Wildman–Crippen MR) is 105 cm³/mol. The Hall–Kier alpha value is -3.28. The molecule has 1 aliphatic carbocycles. The Bertz CT molecular complexity index is 1210. The number of hydrogen-bond donors (Lipinski definition) is 1. The van der Waals surface area contributed by atoms with Gasteiger partial charge < -0.3 is 5.32 Å². The first-order chi connectivity index (χ1) is 13.1. The van der Waals surface area contributed by atoms with E-state index in [2.05, 4.69) is 15.4 Å². The summed E-state index contributed by atoms with van der Waals surface area (Å²) >= 11 is 0. The second-order valence-electron chi connectivity index (χ2n) is 7.14. The van der Waals surface area contributed by atoms with Crippen molar-refractivity contribution in [3.8, 4) is 0 Å². The van der Waals surface area contributed by atoms with Gasteiger partial charge in [0.2, 0.25) is 0 Å². The highest BCUT2D eigenvalue weighted by molar-refractivity contribution is 6.12. The Morgan fingerprint density at radius 2 is 2.00 bits per heavy atom. The number of aryl methyl sites for hydroxylation is 2. The van der Waals surface area contributed by atoms with E-state index < -0.39 is 0 Å². The normalized spacial score (nSPS) is 14.0. The summed E-state index contributed by atoms with van der Waals surface area (Å²) in [4.78, 5) is 22.2. The van der Waals surface area contributed by atoms with Crippen molar-refractivity contribution in [2.24, 2.45) is 7.05 Å². The molecular formula is C21H19N5O. The van der Waals surface area contributed by atoms with Gasteiger partial charge in [-0.05, 0) is 38.0 Å². The molecule has 0 bridgehead atoms. The summed E-state index contributed by atoms with van der Waals surface area (Å²) in [5.74, 6) is 0.343. The van der Waals surface area contributed by atoms with E-state index in [-0.39, 0.29) is 5.91 Å². The molecule has 6 heteroatoms. The van der Waals surface area contributed by atoms with Gasteiger partial charge in [0, 0.05) is 29.4 Å². The van der Waals surface area contributed by atoms with Crippen LogP contribution in [0.4, 0.5) is 5.69 Å². The zero-order chi connectivity index (χ0) is 18.5. The van der Waals surface area contributed by atoms with E-state index in [1.807, 2.05) is 50.4 Å². The lowest BCUT2D eigenvalue weighted by atomic mass is 10.1. The molecule has 0 aliphatic heterocycles. The number of carbonyl (C=O) groups excluding carboxylic acids is 1. The lowest BCUT2D eigenvalue weighted by molar-refractivity contribution is 0.102. The van der Waals surface area contributed by atoms with E-state index in [9.17, 15) is 4.79 Å². The third kappa shape index (κ3) is 2.73. The first kappa shape index (κ1) is 15.9. The maximum atomic E-state index is 13.1. The molecule has 6 nitrogen and oxygen atoms in total. The van der Waals surface area contributed by atoms with Crippen molar-refractivity contribution in [3.63, 3.8) is 0 Å². The van der Waals surface area contributed by atoms with Gasteiger partial charge in [0.05, 0.1) is 28.7 Å². The molecule has 1 N–H and O–H groups in total. The highest BCUT2D eigenvalue weighted by atomic mass is 16.1. The van der Waals surface area contributed by atoms with Gasteiger partial charge >= 0.3 is 0 Å². The molecule has 3 heterocycles. The van der Waals surface area contributed by atoms with Crippen LogP contribution in [0.2, 0.25) is 0 Å². The van der Waals surface area contributed by atoms with Gasteiger partial charge in [-0.25, -0.2) is 4.98 Å². The summed E-state index contributed by atoms with van der Waals surface area (Å²) in [6.07, 6.45) is 3.97. The second kappa shape index (κ2) is 5.87. The van der Waals surface area contributed by atoms with Crippen LogP contribution in [0.15, 0.2) is 42.6 Å². The highest BCUT2D eigenvalue weighted by Gasteiger charge is 2.27. The van der Waals surface area contributed by atoms with Gasteiger partial charge in [0.15, 0.2) is 5.65 Å². The molecule has 1 saturated carbocycles. The van der Waals surface area contributed by atoms with Crippen molar-refractivity contribution in [2.45, 2.75) is 25.7 Å². The number of amides is 1. The third-order valence-electron chi connectivity index (χ3n) is 5.10. The van der Waals surface area contributed by atoms with Gasteiger partial charge in [-0.3, -0.25) is 14.5 Å². The van der Waals surface area contributed by atoms with Crippen molar-refractivity contribution in [1.82, 2.24) is 19.7 Å². The highest BCUT2D eigenvalue weighted by Crippen LogP contribution is 2.40. The summed E-state index contributed by atoms with van der Waals surface area (Å²) in [5, 5.41) is 9.19. The van der Waals surface area contributed by atoms with Crippen molar-refractivity contribution in [1.29, 1.82) is 0 Å². The molecule has 1 amide bonds. The van der Waals surface area contributed by atoms with Crippen LogP contribution in [0.3, 0.4) is 0 Å². The van der Waals surface area contributed by atoms with E-state index in [4.69, 9.17) is 4.98 Å². The Balaban J connectivity index is 1.55. The monoisotopic (exact) mass is 357 g/mol. The molecule has 1 aromatic carbocycles. The van der Waals surface area contributed by atoms with Crippen molar-refractivity contribution >= 4 is 33.5 Å². The summed E-state index contributed by atoms with van der Waals surface area (Å²) < 4.78 is 1.74. The summed E-state index contributed by atoms with van der Waals surface area (Å²) in [7, 11) is 1.86. The number of para-hydroxylation sites is 1. The fourth-order valence-corrected chi connectivity index (χ4v) is 3.55. The number of nitrogens with one attached hydrogen (secondary N) is 1. The van der Waals surface area contributed by atoms with Gasteiger partial charge in [0.1, 0.15) is 0 Å². The molecule has 3 aromatic heterocycles. The number of rotatable bonds is 3. The molecular weight excluding hydrogens is 338 g/mol. The van der Waals surface area contributed by atoms with E-state index in [0.29, 0.717) is 17.2 Å². The fraction of sp³-hybridized carbons (Fsp3) is 0.238. The average Bonchev–Trinajstić information content (AvgIpc) is 3.48. The van der Waals surface area contributed by atoms with Crippen LogP contribution >= 0.6 is 0 Å². The topological polar surface area (TPSA) is 72.7 Å².